The molecule has 0 radical (unpaired) electrons. The summed E-state index contributed by atoms with van der Waals surface area (Å²) in [5.41, 5.74) is 11.5. The molecule has 0 saturated carbocycles. The highest BCUT2D eigenvalue weighted by molar-refractivity contribution is 6.30. The van der Waals surface area contributed by atoms with E-state index in [1.807, 2.05) is 53.2 Å². The average Bonchev–Trinajstić information content (AvgIpc) is 3.36. The first-order chi connectivity index (χ1) is 15.5. The first-order valence-electron chi connectivity index (χ1n) is 10.7. The van der Waals surface area contributed by atoms with E-state index < -0.39 is 0 Å². The molecule has 0 aliphatic carbocycles. The zero-order chi connectivity index (χ0) is 22.2. The monoisotopic (exact) mass is 462 g/mol. The lowest BCUT2D eigenvalue weighted by atomic mass is 10.0. The molecule has 1 aliphatic heterocycles. The van der Waals surface area contributed by atoms with Crippen LogP contribution in [0.5, 0.6) is 0 Å². The van der Waals surface area contributed by atoms with Crippen LogP contribution in [0.1, 0.15) is 29.8 Å². The summed E-state index contributed by atoms with van der Waals surface area (Å²) < 4.78 is 2.00. The van der Waals surface area contributed by atoms with Gasteiger partial charge in [-0.1, -0.05) is 53.5 Å². The maximum atomic E-state index is 6.15. The Morgan fingerprint density at radius 1 is 0.906 bits per heavy atom. The number of nitrogens with one attached hydrogen (secondary N) is 1. The van der Waals surface area contributed by atoms with E-state index in [1.165, 1.54) is 11.3 Å². The summed E-state index contributed by atoms with van der Waals surface area (Å²) in [5.74, 6) is 0. The van der Waals surface area contributed by atoms with Gasteiger partial charge in [-0.3, -0.25) is 0 Å². The van der Waals surface area contributed by atoms with Gasteiger partial charge >= 0.3 is 0 Å². The summed E-state index contributed by atoms with van der Waals surface area (Å²) in [6.45, 7) is 5.24. The number of hydrogen-bond donors (Lipinski definition) is 1. The van der Waals surface area contributed by atoms with Crippen LogP contribution in [0.15, 0.2) is 72.8 Å². The van der Waals surface area contributed by atoms with E-state index in [1.54, 1.807) is 0 Å². The van der Waals surface area contributed by atoms with Crippen LogP contribution in [0, 0.1) is 6.92 Å². The Labute approximate surface area is 198 Å². The summed E-state index contributed by atoms with van der Waals surface area (Å²) in [6, 6.07) is 24.3. The smallest absolute Gasteiger partial charge is 0.0849 e. The first kappa shape index (κ1) is 21.1. The number of nitrogens with zero attached hydrogens (tertiary/aromatic N) is 3. The topological polar surface area (TPSA) is 33.1 Å². The number of fused-ring (bicyclic) bond motifs is 1. The van der Waals surface area contributed by atoms with Gasteiger partial charge in [0, 0.05) is 27.7 Å². The van der Waals surface area contributed by atoms with Crippen LogP contribution in [-0.4, -0.2) is 16.3 Å². The largest absolute Gasteiger partial charge is 0.307 e. The van der Waals surface area contributed by atoms with Gasteiger partial charge in [0.25, 0.3) is 0 Å². The second kappa shape index (κ2) is 8.62. The Bertz CT molecular complexity index is 1250. The lowest BCUT2D eigenvalue weighted by Crippen LogP contribution is -2.38. The van der Waals surface area contributed by atoms with Gasteiger partial charge in [0.1, 0.15) is 0 Å². The number of hydrazine groups is 1. The van der Waals surface area contributed by atoms with Gasteiger partial charge in [-0.25, -0.2) is 10.1 Å². The minimum atomic E-state index is 0.0285. The van der Waals surface area contributed by atoms with E-state index in [0.717, 1.165) is 41.2 Å². The molecule has 0 amide bonds. The van der Waals surface area contributed by atoms with Crippen molar-refractivity contribution in [3.05, 3.63) is 99.7 Å². The maximum absolute atomic E-state index is 6.15. The second-order valence-electron chi connectivity index (χ2n) is 8.14. The fourth-order valence-electron chi connectivity index (χ4n) is 4.41. The van der Waals surface area contributed by atoms with E-state index in [2.05, 4.69) is 48.5 Å². The van der Waals surface area contributed by atoms with Gasteiger partial charge in [0.2, 0.25) is 0 Å². The number of halogens is 2. The Balaban J connectivity index is 1.55. The number of anilines is 1. The fraction of sp³-hybridized carbons (Fsp3) is 0.192. The summed E-state index contributed by atoms with van der Waals surface area (Å²) in [6.07, 6.45) is 1.05. The van der Waals surface area contributed by atoms with E-state index in [0.29, 0.717) is 10.0 Å². The molecule has 32 heavy (non-hydrogen) atoms. The van der Waals surface area contributed by atoms with Crippen molar-refractivity contribution in [2.45, 2.75) is 26.3 Å². The van der Waals surface area contributed by atoms with Gasteiger partial charge in [-0.15, -0.1) is 0 Å². The molecule has 3 aromatic carbocycles. The zero-order valence-corrected chi connectivity index (χ0v) is 19.5. The van der Waals surface area contributed by atoms with Crippen molar-refractivity contribution in [3.63, 3.8) is 0 Å². The average molecular weight is 463 g/mol. The van der Waals surface area contributed by atoms with Gasteiger partial charge in [-0.05, 0) is 68.3 Å². The fourth-order valence-corrected chi connectivity index (χ4v) is 4.66. The third kappa shape index (κ3) is 3.90. The second-order valence-corrected chi connectivity index (χ2v) is 9.01. The molecule has 1 atom stereocenters. The normalized spacial score (nSPS) is 13.9. The Morgan fingerprint density at radius 2 is 1.56 bits per heavy atom. The van der Waals surface area contributed by atoms with E-state index in [4.69, 9.17) is 28.3 Å². The Morgan fingerprint density at radius 3 is 2.28 bits per heavy atom. The van der Waals surface area contributed by atoms with Crippen LogP contribution >= 0.6 is 23.2 Å². The number of rotatable bonds is 5. The van der Waals surface area contributed by atoms with E-state index in [9.17, 15) is 0 Å². The van der Waals surface area contributed by atoms with Crippen molar-refractivity contribution in [1.82, 2.24) is 15.2 Å². The molecular weight excluding hydrogens is 439 g/mol. The predicted molar refractivity (Wildman–Crippen MR) is 133 cm³/mol. The molecular formula is C26H24Cl2N4. The summed E-state index contributed by atoms with van der Waals surface area (Å²) in [5, 5.41) is 8.71. The van der Waals surface area contributed by atoms with Crippen molar-refractivity contribution >= 4 is 28.9 Å². The molecule has 4 nitrogen and oxygen atoms in total. The molecule has 5 rings (SSSR count). The third-order valence-electron chi connectivity index (χ3n) is 5.99. The van der Waals surface area contributed by atoms with Crippen LogP contribution in [-0.2, 0) is 6.42 Å². The summed E-state index contributed by atoms with van der Waals surface area (Å²) >= 11 is 12.3. The lowest BCUT2D eigenvalue weighted by molar-refractivity contribution is 0.531. The van der Waals surface area contributed by atoms with Crippen LogP contribution in [0.2, 0.25) is 10.0 Å². The Hall–Kier alpha value is -2.79. The minimum Gasteiger partial charge on any atom is -0.307 e. The quantitative estimate of drug-likeness (QED) is 0.354. The minimum absolute atomic E-state index is 0.0285. The predicted octanol–water partition coefficient (Wildman–Crippen LogP) is 6.78. The van der Waals surface area contributed by atoms with Gasteiger partial charge in [0.15, 0.2) is 0 Å². The van der Waals surface area contributed by atoms with Crippen molar-refractivity contribution in [2.24, 2.45) is 0 Å². The van der Waals surface area contributed by atoms with Gasteiger partial charge in [0.05, 0.1) is 28.8 Å². The van der Waals surface area contributed by atoms with Crippen LogP contribution < -0.4 is 10.4 Å². The Kier molecular flexibility index (Phi) is 5.68. The molecule has 0 bridgehead atoms. The molecule has 162 valence electrons. The molecule has 0 spiro atoms. The molecule has 2 heterocycles. The standard InChI is InChI=1S/C26H24Cl2N4/c1-17-25(18(2)29-31-16-15-19-5-3-4-6-24(19)31)30-32(23-13-11-22(28)12-14-23)26(17)20-7-9-21(27)10-8-20/h3-14,18,29H,15-16H2,1-2H3. The van der Waals surface area contributed by atoms with Crippen molar-refractivity contribution in [3.8, 4) is 16.9 Å². The SMILES string of the molecule is Cc1c(C(C)NN2CCc3ccccc32)nn(-c2ccc(Cl)cc2)c1-c1ccc(Cl)cc1. The summed E-state index contributed by atoms with van der Waals surface area (Å²) in [7, 11) is 0. The summed E-state index contributed by atoms with van der Waals surface area (Å²) in [4.78, 5) is 0. The van der Waals surface area contributed by atoms with Crippen LogP contribution in [0.25, 0.3) is 16.9 Å². The van der Waals surface area contributed by atoms with Crippen molar-refractivity contribution in [2.75, 3.05) is 11.6 Å². The van der Waals surface area contributed by atoms with Crippen LogP contribution in [0.4, 0.5) is 5.69 Å². The highest BCUT2D eigenvalue weighted by Crippen LogP contribution is 2.33. The number of hydrogen-bond acceptors (Lipinski definition) is 3. The first-order valence-corrected chi connectivity index (χ1v) is 11.5. The highest BCUT2D eigenvalue weighted by Gasteiger charge is 2.25. The van der Waals surface area contributed by atoms with E-state index in [-0.39, 0.29) is 6.04 Å². The molecule has 1 aromatic heterocycles. The molecule has 6 heteroatoms. The third-order valence-corrected chi connectivity index (χ3v) is 6.50. The molecule has 0 fully saturated rings. The molecule has 1 N–H and O–H groups in total. The molecule has 4 aromatic rings. The molecule has 1 aliphatic rings. The van der Waals surface area contributed by atoms with Gasteiger partial charge < -0.3 is 5.01 Å². The maximum Gasteiger partial charge on any atom is 0.0849 e. The number of aromatic nitrogens is 2. The molecule has 0 saturated heterocycles. The zero-order valence-electron chi connectivity index (χ0n) is 18.0. The number of benzene rings is 3. The lowest BCUT2D eigenvalue weighted by Gasteiger charge is -2.25. The van der Waals surface area contributed by atoms with Crippen LogP contribution in [0.3, 0.4) is 0 Å². The molecule has 1 unspecified atom stereocenters. The van der Waals surface area contributed by atoms with E-state index >= 15 is 0 Å². The van der Waals surface area contributed by atoms with Gasteiger partial charge in [-0.2, -0.15) is 5.10 Å². The van der Waals surface area contributed by atoms with Crippen molar-refractivity contribution < 1.29 is 0 Å². The number of para-hydroxylation sites is 1. The van der Waals surface area contributed by atoms with Crippen molar-refractivity contribution in [1.29, 1.82) is 0 Å². The highest BCUT2D eigenvalue weighted by atomic mass is 35.5.